The average molecular weight is 209 g/mol. The molecule has 1 aliphatic carbocycles. The number of alkyl halides is 3. The van der Waals surface area contributed by atoms with Crippen molar-refractivity contribution in [3.8, 4) is 0 Å². The highest BCUT2D eigenvalue weighted by atomic mass is 19.4. The third kappa shape index (κ3) is 2.89. The van der Waals surface area contributed by atoms with Crippen LogP contribution in [-0.4, -0.2) is 17.6 Å². The second-order valence-corrected chi connectivity index (χ2v) is 4.73. The molecule has 0 spiro atoms. The minimum Gasteiger partial charge on any atom is -0.351 e. The summed E-state index contributed by atoms with van der Waals surface area (Å²) < 4.78 is 36.3. The van der Waals surface area contributed by atoms with E-state index in [2.05, 4.69) is 5.32 Å². The summed E-state index contributed by atoms with van der Waals surface area (Å²) in [6.45, 7) is 5.24. The standard InChI is InChI=1S/C9H14F3NO/c1-8(2,3)13-7(14)5-4-6(5)9(10,11)12/h5-6H,4H2,1-3H3,(H,13,14)/t5-,6-/m0/s1. The van der Waals surface area contributed by atoms with Crippen molar-refractivity contribution in [1.29, 1.82) is 0 Å². The number of hydrogen-bond acceptors (Lipinski definition) is 1. The molecule has 14 heavy (non-hydrogen) atoms. The maximum atomic E-state index is 12.1. The Balaban J connectivity index is 2.45. The molecule has 0 saturated heterocycles. The van der Waals surface area contributed by atoms with E-state index in [4.69, 9.17) is 0 Å². The van der Waals surface area contributed by atoms with Gasteiger partial charge in [-0.05, 0) is 27.2 Å². The van der Waals surface area contributed by atoms with Gasteiger partial charge >= 0.3 is 6.18 Å². The highest BCUT2D eigenvalue weighted by Gasteiger charge is 2.59. The number of nitrogens with one attached hydrogen (secondary N) is 1. The van der Waals surface area contributed by atoms with Gasteiger partial charge in [0.05, 0.1) is 11.8 Å². The molecule has 0 aromatic heterocycles. The van der Waals surface area contributed by atoms with Gasteiger partial charge in [-0.25, -0.2) is 0 Å². The second kappa shape index (κ2) is 3.14. The Kier molecular flexibility index (Phi) is 2.54. The first-order chi connectivity index (χ1) is 6.11. The molecular weight excluding hydrogens is 195 g/mol. The molecule has 1 rings (SSSR count). The second-order valence-electron chi connectivity index (χ2n) is 4.73. The fraction of sp³-hybridized carbons (Fsp3) is 0.889. The molecular formula is C9H14F3NO. The Hall–Kier alpha value is -0.740. The third-order valence-corrected chi connectivity index (χ3v) is 2.05. The minimum absolute atomic E-state index is 0.0641. The Morgan fingerprint density at radius 1 is 1.29 bits per heavy atom. The van der Waals surface area contributed by atoms with Crippen LogP contribution in [-0.2, 0) is 4.79 Å². The number of carbonyl (C=O) groups is 1. The van der Waals surface area contributed by atoms with Crippen molar-refractivity contribution < 1.29 is 18.0 Å². The van der Waals surface area contributed by atoms with Gasteiger partial charge < -0.3 is 5.32 Å². The van der Waals surface area contributed by atoms with Crippen molar-refractivity contribution in [2.75, 3.05) is 0 Å². The quantitative estimate of drug-likeness (QED) is 0.704. The van der Waals surface area contributed by atoms with Crippen LogP contribution in [0.4, 0.5) is 13.2 Å². The molecule has 0 aromatic carbocycles. The summed E-state index contributed by atoms with van der Waals surface area (Å²) in [4.78, 5) is 11.3. The van der Waals surface area contributed by atoms with Gasteiger partial charge in [-0.1, -0.05) is 0 Å². The van der Waals surface area contributed by atoms with Crippen LogP contribution in [0.25, 0.3) is 0 Å². The molecule has 1 fully saturated rings. The SMILES string of the molecule is CC(C)(C)NC(=O)[C@H]1C[C@@H]1C(F)(F)F. The zero-order valence-corrected chi connectivity index (χ0v) is 8.40. The van der Waals surface area contributed by atoms with Crippen molar-refractivity contribution in [1.82, 2.24) is 5.32 Å². The fourth-order valence-electron chi connectivity index (χ4n) is 1.31. The molecule has 0 aliphatic heterocycles. The smallest absolute Gasteiger partial charge is 0.351 e. The summed E-state index contributed by atoms with van der Waals surface area (Å²) in [5, 5.41) is 2.54. The monoisotopic (exact) mass is 209 g/mol. The molecule has 0 heterocycles. The first-order valence-corrected chi connectivity index (χ1v) is 4.50. The zero-order valence-electron chi connectivity index (χ0n) is 8.40. The highest BCUT2D eigenvalue weighted by Crippen LogP contribution is 2.50. The van der Waals surface area contributed by atoms with Gasteiger partial charge in [0, 0.05) is 5.54 Å². The Bertz CT molecular complexity index is 241. The summed E-state index contributed by atoms with van der Waals surface area (Å²) in [5.74, 6) is -2.78. The molecule has 0 radical (unpaired) electrons. The number of halogens is 3. The fourth-order valence-corrected chi connectivity index (χ4v) is 1.31. The lowest BCUT2D eigenvalue weighted by Gasteiger charge is -2.20. The van der Waals surface area contributed by atoms with Crippen LogP contribution in [0.3, 0.4) is 0 Å². The van der Waals surface area contributed by atoms with Crippen LogP contribution in [0.15, 0.2) is 0 Å². The van der Waals surface area contributed by atoms with Crippen LogP contribution in [0.5, 0.6) is 0 Å². The van der Waals surface area contributed by atoms with E-state index in [-0.39, 0.29) is 6.42 Å². The molecule has 1 aliphatic rings. The molecule has 1 amide bonds. The first-order valence-electron chi connectivity index (χ1n) is 4.50. The van der Waals surface area contributed by atoms with Gasteiger partial charge in [0.2, 0.25) is 5.91 Å². The first kappa shape index (κ1) is 11.3. The molecule has 1 N–H and O–H groups in total. The molecule has 0 unspecified atom stereocenters. The maximum absolute atomic E-state index is 12.1. The van der Waals surface area contributed by atoms with Gasteiger partial charge in [-0.3, -0.25) is 4.79 Å². The number of rotatable bonds is 1. The topological polar surface area (TPSA) is 29.1 Å². The van der Waals surface area contributed by atoms with Crippen LogP contribution in [0.1, 0.15) is 27.2 Å². The van der Waals surface area contributed by atoms with Gasteiger partial charge in [0.25, 0.3) is 0 Å². The summed E-state index contributed by atoms with van der Waals surface area (Å²) in [7, 11) is 0. The van der Waals surface area contributed by atoms with Gasteiger partial charge in [-0.2, -0.15) is 13.2 Å². The van der Waals surface area contributed by atoms with E-state index in [1.54, 1.807) is 20.8 Å². The van der Waals surface area contributed by atoms with Crippen LogP contribution < -0.4 is 5.32 Å². The van der Waals surface area contributed by atoms with E-state index < -0.39 is 29.5 Å². The van der Waals surface area contributed by atoms with Crippen molar-refractivity contribution in [3.63, 3.8) is 0 Å². The third-order valence-electron chi connectivity index (χ3n) is 2.05. The Morgan fingerprint density at radius 2 is 1.79 bits per heavy atom. The van der Waals surface area contributed by atoms with E-state index in [0.29, 0.717) is 0 Å². The van der Waals surface area contributed by atoms with Gasteiger partial charge in [0.1, 0.15) is 0 Å². The Morgan fingerprint density at radius 3 is 2.07 bits per heavy atom. The predicted molar refractivity (Wildman–Crippen MR) is 45.5 cm³/mol. The molecule has 5 heteroatoms. The predicted octanol–water partition coefficient (Wildman–Crippen LogP) is 2.10. The van der Waals surface area contributed by atoms with E-state index >= 15 is 0 Å². The number of hydrogen-bond donors (Lipinski definition) is 1. The van der Waals surface area contributed by atoms with Crippen molar-refractivity contribution in [2.45, 2.75) is 38.9 Å². The van der Waals surface area contributed by atoms with E-state index in [9.17, 15) is 18.0 Å². The summed E-state index contributed by atoms with van der Waals surface area (Å²) in [5.41, 5.74) is -0.462. The van der Waals surface area contributed by atoms with Crippen molar-refractivity contribution >= 4 is 5.91 Å². The normalized spacial score (nSPS) is 27.3. The maximum Gasteiger partial charge on any atom is 0.392 e. The van der Waals surface area contributed by atoms with Crippen molar-refractivity contribution in [2.24, 2.45) is 11.8 Å². The van der Waals surface area contributed by atoms with E-state index in [0.717, 1.165) is 0 Å². The van der Waals surface area contributed by atoms with Crippen LogP contribution in [0.2, 0.25) is 0 Å². The molecule has 0 bridgehead atoms. The van der Waals surface area contributed by atoms with Crippen LogP contribution >= 0.6 is 0 Å². The Labute approximate surface area is 80.9 Å². The van der Waals surface area contributed by atoms with Crippen LogP contribution in [0, 0.1) is 11.8 Å². The average Bonchev–Trinajstić information content (AvgIpc) is 2.55. The molecule has 2 atom stereocenters. The lowest BCUT2D eigenvalue weighted by atomic mass is 10.1. The summed E-state index contributed by atoms with van der Waals surface area (Å²) in [6, 6.07) is 0. The minimum atomic E-state index is -4.22. The van der Waals surface area contributed by atoms with E-state index in [1.807, 2.05) is 0 Å². The number of carbonyl (C=O) groups excluding carboxylic acids is 1. The van der Waals surface area contributed by atoms with Gasteiger partial charge in [0.15, 0.2) is 0 Å². The van der Waals surface area contributed by atoms with E-state index in [1.165, 1.54) is 0 Å². The highest BCUT2D eigenvalue weighted by molar-refractivity contribution is 5.82. The lowest BCUT2D eigenvalue weighted by molar-refractivity contribution is -0.155. The molecule has 1 saturated carbocycles. The van der Waals surface area contributed by atoms with Gasteiger partial charge in [-0.15, -0.1) is 0 Å². The summed E-state index contributed by atoms with van der Waals surface area (Å²) >= 11 is 0. The van der Waals surface area contributed by atoms with Crippen molar-refractivity contribution in [3.05, 3.63) is 0 Å². The zero-order chi connectivity index (χ0) is 11.1. The molecule has 82 valence electrons. The molecule has 2 nitrogen and oxygen atoms in total. The lowest BCUT2D eigenvalue weighted by Crippen LogP contribution is -2.42. The number of amides is 1. The summed E-state index contributed by atoms with van der Waals surface area (Å²) in [6.07, 6.45) is -4.29. The largest absolute Gasteiger partial charge is 0.392 e. The molecule has 0 aromatic rings.